The van der Waals surface area contributed by atoms with Crippen LogP contribution in [0.3, 0.4) is 0 Å². The van der Waals surface area contributed by atoms with E-state index in [1.807, 2.05) is 47.0 Å². The summed E-state index contributed by atoms with van der Waals surface area (Å²) < 4.78 is 0. The molecule has 1 aliphatic heterocycles. The molecule has 2 aliphatic rings. The maximum atomic E-state index is 12.5. The number of urea groups is 1. The normalized spacial score (nSPS) is 17.8. The molecule has 0 unspecified atom stereocenters. The van der Waals surface area contributed by atoms with E-state index in [0.717, 1.165) is 37.1 Å². The summed E-state index contributed by atoms with van der Waals surface area (Å²) >= 11 is 0. The van der Waals surface area contributed by atoms with Crippen molar-refractivity contribution in [1.29, 1.82) is 0 Å². The number of amides is 3. The molecule has 1 N–H and O–H groups in total. The Morgan fingerprint density at radius 2 is 1.84 bits per heavy atom. The van der Waals surface area contributed by atoms with Gasteiger partial charge < -0.3 is 20.0 Å². The van der Waals surface area contributed by atoms with Gasteiger partial charge in [-0.15, -0.1) is 0 Å². The maximum Gasteiger partial charge on any atom is 0.317 e. The number of hydrogen-bond donors (Lipinski definition) is 1. The van der Waals surface area contributed by atoms with Crippen molar-refractivity contribution < 1.29 is 9.59 Å². The van der Waals surface area contributed by atoms with Crippen LogP contribution in [-0.2, 0) is 11.3 Å². The van der Waals surface area contributed by atoms with Crippen LogP contribution in [0.4, 0.5) is 10.5 Å². The molecular formula is C19H28N4O2. The molecule has 1 aromatic rings. The van der Waals surface area contributed by atoms with Gasteiger partial charge in [-0.25, -0.2) is 4.79 Å². The maximum absolute atomic E-state index is 12.5. The van der Waals surface area contributed by atoms with E-state index in [9.17, 15) is 9.59 Å². The molecule has 1 saturated heterocycles. The highest BCUT2D eigenvalue weighted by Gasteiger charge is 2.34. The Balaban J connectivity index is 1.49. The predicted molar refractivity (Wildman–Crippen MR) is 98.5 cm³/mol. The van der Waals surface area contributed by atoms with Crippen LogP contribution >= 0.6 is 0 Å². The molecule has 136 valence electrons. The van der Waals surface area contributed by atoms with E-state index in [4.69, 9.17) is 0 Å². The van der Waals surface area contributed by atoms with Gasteiger partial charge in [-0.3, -0.25) is 4.79 Å². The van der Waals surface area contributed by atoms with Crippen molar-refractivity contribution in [2.45, 2.75) is 25.8 Å². The Labute approximate surface area is 149 Å². The van der Waals surface area contributed by atoms with E-state index in [1.54, 1.807) is 0 Å². The van der Waals surface area contributed by atoms with Crippen LogP contribution in [0.1, 0.15) is 24.8 Å². The molecule has 2 fully saturated rings. The number of benzene rings is 1. The van der Waals surface area contributed by atoms with Crippen molar-refractivity contribution in [1.82, 2.24) is 15.1 Å². The van der Waals surface area contributed by atoms with Crippen molar-refractivity contribution in [3.05, 3.63) is 29.8 Å². The third kappa shape index (κ3) is 4.65. The van der Waals surface area contributed by atoms with Crippen molar-refractivity contribution in [3.8, 4) is 0 Å². The van der Waals surface area contributed by atoms with Gasteiger partial charge in [0.2, 0.25) is 5.91 Å². The second-order valence-electron chi connectivity index (χ2n) is 7.16. The highest BCUT2D eigenvalue weighted by molar-refractivity contribution is 5.81. The SMILES string of the molecule is CN(C)c1cccc(CNC(=O)N2CCCN(C(=O)C3CC3)CC2)c1. The lowest BCUT2D eigenvalue weighted by molar-refractivity contribution is -0.132. The molecule has 1 aromatic carbocycles. The van der Waals surface area contributed by atoms with E-state index in [0.29, 0.717) is 26.2 Å². The van der Waals surface area contributed by atoms with Gasteiger partial charge in [0.05, 0.1) is 0 Å². The average Bonchev–Trinajstić information content (AvgIpc) is 3.45. The first kappa shape index (κ1) is 17.6. The quantitative estimate of drug-likeness (QED) is 0.908. The molecule has 1 aliphatic carbocycles. The van der Waals surface area contributed by atoms with Gasteiger partial charge in [-0.1, -0.05) is 12.1 Å². The lowest BCUT2D eigenvalue weighted by Crippen LogP contribution is -2.42. The third-order valence-electron chi connectivity index (χ3n) is 4.89. The number of nitrogens with one attached hydrogen (secondary N) is 1. The molecule has 0 spiro atoms. The molecule has 0 atom stereocenters. The van der Waals surface area contributed by atoms with Gasteiger partial charge in [0.25, 0.3) is 0 Å². The second kappa shape index (κ2) is 7.76. The van der Waals surface area contributed by atoms with E-state index in [2.05, 4.69) is 11.4 Å². The minimum Gasteiger partial charge on any atom is -0.378 e. The molecular weight excluding hydrogens is 316 g/mol. The summed E-state index contributed by atoms with van der Waals surface area (Å²) in [6.07, 6.45) is 2.92. The van der Waals surface area contributed by atoms with Crippen molar-refractivity contribution in [2.75, 3.05) is 45.2 Å². The van der Waals surface area contributed by atoms with E-state index >= 15 is 0 Å². The van der Waals surface area contributed by atoms with Gasteiger partial charge in [-0.05, 0) is 37.0 Å². The fraction of sp³-hybridized carbons (Fsp3) is 0.579. The van der Waals surface area contributed by atoms with Gasteiger partial charge in [0.15, 0.2) is 0 Å². The number of carbonyl (C=O) groups excluding carboxylic acids is 2. The first-order chi connectivity index (χ1) is 12.0. The van der Waals surface area contributed by atoms with Gasteiger partial charge in [-0.2, -0.15) is 0 Å². The Hall–Kier alpha value is -2.24. The Bertz CT molecular complexity index is 628. The molecule has 3 rings (SSSR count). The standard InChI is InChI=1S/C19H28N4O2/c1-21(2)17-6-3-5-15(13-17)14-20-19(25)23-10-4-9-22(11-12-23)18(24)16-7-8-16/h3,5-6,13,16H,4,7-12,14H2,1-2H3,(H,20,25). The molecule has 1 heterocycles. The smallest absolute Gasteiger partial charge is 0.317 e. The first-order valence-electron chi connectivity index (χ1n) is 9.12. The van der Waals surface area contributed by atoms with E-state index in [1.165, 1.54) is 0 Å². The van der Waals surface area contributed by atoms with Crippen LogP contribution in [0.15, 0.2) is 24.3 Å². The largest absolute Gasteiger partial charge is 0.378 e. The molecule has 0 radical (unpaired) electrons. The molecule has 1 saturated carbocycles. The lowest BCUT2D eigenvalue weighted by atomic mass is 10.2. The number of carbonyl (C=O) groups is 2. The van der Waals surface area contributed by atoms with Crippen LogP contribution in [0, 0.1) is 5.92 Å². The molecule has 3 amide bonds. The molecule has 0 aromatic heterocycles. The average molecular weight is 344 g/mol. The summed E-state index contributed by atoms with van der Waals surface area (Å²) in [6, 6.07) is 8.11. The highest BCUT2D eigenvalue weighted by atomic mass is 16.2. The van der Waals surface area contributed by atoms with Crippen LogP contribution < -0.4 is 10.2 Å². The van der Waals surface area contributed by atoms with Gasteiger partial charge in [0.1, 0.15) is 0 Å². The lowest BCUT2D eigenvalue weighted by Gasteiger charge is -2.22. The van der Waals surface area contributed by atoms with E-state index < -0.39 is 0 Å². The molecule has 6 heteroatoms. The first-order valence-corrected chi connectivity index (χ1v) is 9.12. The van der Waals surface area contributed by atoms with Crippen LogP contribution in [0.2, 0.25) is 0 Å². The van der Waals surface area contributed by atoms with Crippen molar-refractivity contribution >= 4 is 17.6 Å². The minimum absolute atomic E-state index is 0.0454. The summed E-state index contributed by atoms with van der Waals surface area (Å²) in [6.45, 7) is 3.25. The molecule has 0 bridgehead atoms. The fourth-order valence-electron chi connectivity index (χ4n) is 3.16. The summed E-state index contributed by atoms with van der Waals surface area (Å²) in [5, 5.41) is 3.01. The minimum atomic E-state index is -0.0454. The van der Waals surface area contributed by atoms with Crippen molar-refractivity contribution in [2.24, 2.45) is 5.92 Å². The third-order valence-corrected chi connectivity index (χ3v) is 4.89. The zero-order valence-electron chi connectivity index (χ0n) is 15.2. The van der Waals surface area contributed by atoms with Crippen LogP contribution in [0.5, 0.6) is 0 Å². The summed E-state index contributed by atoms with van der Waals surface area (Å²) in [4.78, 5) is 30.5. The summed E-state index contributed by atoms with van der Waals surface area (Å²) in [5.74, 6) is 0.534. The van der Waals surface area contributed by atoms with E-state index in [-0.39, 0.29) is 17.9 Å². The monoisotopic (exact) mass is 344 g/mol. The zero-order chi connectivity index (χ0) is 17.8. The zero-order valence-corrected chi connectivity index (χ0v) is 15.2. The summed E-state index contributed by atoms with van der Waals surface area (Å²) in [5.41, 5.74) is 2.20. The molecule has 25 heavy (non-hydrogen) atoms. The Morgan fingerprint density at radius 3 is 2.56 bits per heavy atom. The van der Waals surface area contributed by atoms with Crippen LogP contribution in [0.25, 0.3) is 0 Å². The van der Waals surface area contributed by atoms with Gasteiger partial charge in [0, 0.05) is 58.4 Å². The van der Waals surface area contributed by atoms with Crippen LogP contribution in [-0.4, -0.2) is 62.0 Å². The number of rotatable bonds is 4. The molecule has 6 nitrogen and oxygen atoms in total. The Morgan fingerprint density at radius 1 is 1.12 bits per heavy atom. The predicted octanol–water partition coefficient (Wildman–Crippen LogP) is 1.91. The Kier molecular flexibility index (Phi) is 5.46. The number of nitrogens with zero attached hydrogens (tertiary/aromatic N) is 3. The number of anilines is 1. The van der Waals surface area contributed by atoms with Gasteiger partial charge >= 0.3 is 6.03 Å². The van der Waals surface area contributed by atoms with Crippen molar-refractivity contribution in [3.63, 3.8) is 0 Å². The summed E-state index contributed by atoms with van der Waals surface area (Å²) in [7, 11) is 4.01. The second-order valence-corrected chi connectivity index (χ2v) is 7.16. The number of hydrogen-bond acceptors (Lipinski definition) is 3. The highest BCUT2D eigenvalue weighted by Crippen LogP contribution is 2.31. The fourth-order valence-corrected chi connectivity index (χ4v) is 3.16. The topological polar surface area (TPSA) is 55.9 Å².